The molecule has 0 aliphatic carbocycles. The first-order valence-corrected chi connectivity index (χ1v) is 6.82. The number of aryl methyl sites for hydroxylation is 1. The molecule has 1 aliphatic heterocycles. The molecule has 4 N–H and O–H groups in total. The van der Waals surface area contributed by atoms with Crippen molar-refractivity contribution < 1.29 is 4.79 Å². The number of fused-ring (bicyclic) bond motifs is 1. The molecule has 106 valence electrons. The van der Waals surface area contributed by atoms with Crippen LogP contribution in [0.4, 0.5) is 5.82 Å². The molecule has 0 saturated carbocycles. The average Bonchev–Trinajstić information content (AvgIpc) is 3.09. The zero-order chi connectivity index (χ0) is 13.9. The maximum Gasteiger partial charge on any atom is 0.242 e. The Morgan fingerprint density at radius 1 is 1.50 bits per heavy atom. The van der Waals surface area contributed by atoms with Gasteiger partial charge < -0.3 is 20.6 Å². The van der Waals surface area contributed by atoms with Crippen LogP contribution >= 0.6 is 0 Å². The Labute approximate surface area is 116 Å². The molecule has 0 unspecified atom stereocenters. The van der Waals surface area contributed by atoms with E-state index >= 15 is 0 Å². The molecule has 2 aromatic heterocycles. The van der Waals surface area contributed by atoms with Crippen LogP contribution in [0.2, 0.25) is 0 Å². The van der Waals surface area contributed by atoms with Crippen LogP contribution in [0.5, 0.6) is 0 Å². The highest BCUT2D eigenvalue weighted by Crippen LogP contribution is 2.19. The lowest BCUT2D eigenvalue weighted by molar-refractivity contribution is -0.117. The minimum atomic E-state index is -0.606. The van der Waals surface area contributed by atoms with Gasteiger partial charge in [-0.1, -0.05) is 0 Å². The van der Waals surface area contributed by atoms with E-state index in [1.807, 2.05) is 0 Å². The number of hydrogen-bond acceptors (Lipinski definition) is 4. The molecular formula is C13H18N6O. The minimum absolute atomic E-state index is 0.201. The Morgan fingerprint density at radius 3 is 3.20 bits per heavy atom. The molecule has 2 aromatic rings. The fourth-order valence-electron chi connectivity index (χ4n) is 2.46. The molecular weight excluding hydrogens is 256 g/mol. The van der Waals surface area contributed by atoms with Gasteiger partial charge in [-0.05, 0) is 12.8 Å². The summed E-state index contributed by atoms with van der Waals surface area (Å²) in [6, 6.07) is -0.606. The summed E-state index contributed by atoms with van der Waals surface area (Å²) >= 11 is 0. The van der Waals surface area contributed by atoms with Gasteiger partial charge in [0, 0.05) is 31.3 Å². The van der Waals surface area contributed by atoms with E-state index in [9.17, 15) is 4.79 Å². The average molecular weight is 274 g/mol. The van der Waals surface area contributed by atoms with E-state index in [2.05, 4.69) is 24.8 Å². The van der Waals surface area contributed by atoms with Gasteiger partial charge in [0.25, 0.3) is 0 Å². The summed E-state index contributed by atoms with van der Waals surface area (Å²) in [5.41, 5.74) is 6.76. The van der Waals surface area contributed by atoms with Crippen molar-refractivity contribution in [3.05, 3.63) is 30.2 Å². The van der Waals surface area contributed by atoms with Crippen LogP contribution in [0, 0.1) is 0 Å². The summed E-state index contributed by atoms with van der Waals surface area (Å²) in [4.78, 5) is 23.3. The molecule has 0 saturated heterocycles. The Hall–Kier alpha value is -2.15. The molecule has 1 atom stereocenters. The van der Waals surface area contributed by atoms with E-state index < -0.39 is 6.04 Å². The number of carbonyl (C=O) groups excluding carboxylic acids is 1. The second-order valence-electron chi connectivity index (χ2n) is 5.05. The van der Waals surface area contributed by atoms with E-state index in [0.29, 0.717) is 6.42 Å². The number of nitrogens with two attached hydrogens (primary N) is 1. The van der Waals surface area contributed by atoms with Gasteiger partial charge in [-0.15, -0.1) is 0 Å². The van der Waals surface area contributed by atoms with Gasteiger partial charge in [-0.25, -0.2) is 9.97 Å². The van der Waals surface area contributed by atoms with Crippen LogP contribution in [-0.4, -0.2) is 31.5 Å². The highest BCUT2D eigenvalue weighted by Gasteiger charge is 2.19. The first-order valence-electron chi connectivity index (χ1n) is 6.82. The number of aromatic nitrogens is 4. The number of imidazole rings is 2. The van der Waals surface area contributed by atoms with Gasteiger partial charge >= 0.3 is 0 Å². The van der Waals surface area contributed by atoms with Gasteiger partial charge in [-0.3, -0.25) is 4.79 Å². The zero-order valence-electron chi connectivity index (χ0n) is 11.2. The Morgan fingerprint density at radius 2 is 2.40 bits per heavy atom. The van der Waals surface area contributed by atoms with Crippen molar-refractivity contribution in [3.63, 3.8) is 0 Å². The highest BCUT2D eigenvalue weighted by atomic mass is 16.2. The molecule has 7 heteroatoms. The molecule has 7 nitrogen and oxygen atoms in total. The number of nitrogens with one attached hydrogen (secondary N) is 2. The number of hydrogen-bond donors (Lipinski definition) is 3. The second-order valence-corrected chi connectivity index (χ2v) is 5.05. The van der Waals surface area contributed by atoms with Crippen molar-refractivity contribution in [1.29, 1.82) is 0 Å². The number of H-pyrrole nitrogens is 1. The first kappa shape index (κ1) is 12.9. The number of amides is 1. The van der Waals surface area contributed by atoms with Gasteiger partial charge in [0.1, 0.15) is 11.6 Å². The Balaban J connectivity index is 1.65. The smallest absolute Gasteiger partial charge is 0.242 e. The maximum atomic E-state index is 12.1. The van der Waals surface area contributed by atoms with Crippen LogP contribution in [-0.2, 0) is 24.2 Å². The number of carbonyl (C=O) groups is 1. The van der Waals surface area contributed by atoms with Gasteiger partial charge in [-0.2, -0.15) is 0 Å². The summed E-state index contributed by atoms with van der Waals surface area (Å²) in [5.74, 6) is 1.58. The lowest BCUT2D eigenvalue weighted by atomic mass is 10.1. The SMILES string of the molecule is N[C@@H](Cc1cnc[nH]1)C(=O)Nc1cnc2n1CCCC2. The van der Waals surface area contributed by atoms with Crippen molar-refractivity contribution in [3.8, 4) is 0 Å². The van der Waals surface area contributed by atoms with Gasteiger partial charge in [0.15, 0.2) is 0 Å². The van der Waals surface area contributed by atoms with Crippen molar-refractivity contribution in [2.24, 2.45) is 5.73 Å². The van der Waals surface area contributed by atoms with E-state index in [0.717, 1.165) is 43.1 Å². The van der Waals surface area contributed by atoms with Crippen molar-refractivity contribution in [2.45, 2.75) is 38.3 Å². The van der Waals surface area contributed by atoms with E-state index in [1.54, 1.807) is 18.7 Å². The third-order valence-corrected chi connectivity index (χ3v) is 3.55. The molecule has 0 spiro atoms. The van der Waals surface area contributed by atoms with E-state index in [1.165, 1.54) is 0 Å². The highest BCUT2D eigenvalue weighted by molar-refractivity contribution is 5.94. The predicted octanol–water partition coefficient (Wildman–Crippen LogP) is 0.451. The Kier molecular flexibility index (Phi) is 3.51. The molecule has 0 fully saturated rings. The van der Waals surface area contributed by atoms with Crippen molar-refractivity contribution in [1.82, 2.24) is 19.5 Å². The largest absolute Gasteiger partial charge is 0.348 e. The lowest BCUT2D eigenvalue weighted by Gasteiger charge is -2.17. The summed E-state index contributed by atoms with van der Waals surface area (Å²) in [5, 5.41) is 2.86. The topological polar surface area (TPSA) is 102 Å². The predicted molar refractivity (Wildman–Crippen MR) is 74.1 cm³/mol. The fourth-order valence-corrected chi connectivity index (χ4v) is 2.46. The van der Waals surface area contributed by atoms with Crippen molar-refractivity contribution >= 4 is 11.7 Å². The standard InChI is InChI=1S/C13H18N6O/c14-10(5-9-6-15-8-17-9)13(20)18-12-7-16-11-3-1-2-4-19(11)12/h6-8,10H,1-5,14H2,(H,15,17)(H,18,20)/t10-/m0/s1. The molecule has 0 aromatic carbocycles. The summed E-state index contributed by atoms with van der Waals surface area (Å²) in [6.07, 6.45) is 8.64. The first-order chi connectivity index (χ1) is 9.74. The van der Waals surface area contributed by atoms with E-state index in [4.69, 9.17) is 5.73 Å². The number of nitrogens with zero attached hydrogens (tertiary/aromatic N) is 3. The summed E-state index contributed by atoms with van der Waals surface area (Å²) in [6.45, 7) is 0.904. The quantitative estimate of drug-likeness (QED) is 0.753. The maximum absolute atomic E-state index is 12.1. The number of aromatic amines is 1. The Bertz CT molecular complexity index is 588. The lowest BCUT2D eigenvalue weighted by Crippen LogP contribution is -2.38. The minimum Gasteiger partial charge on any atom is -0.348 e. The fraction of sp³-hybridized carbons (Fsp3) is 0.462. The molecule has 0 radical (unpaired) electrons. The monoisotopic (exact) mass is 274 g/mol. The van der Waals surface area contributed by atoms with Crippen molar-refractivity contribution in [2.75, 3.05) is 5.32 Å². The third-order valence-electron chi connectivity index (χ3n) is 3.55. The normalized spacial score (nSPS) is 15.7. The van der Waals surface area contributed by atoms with Gasteiger partial charge in [0.05, 0.1) is 18.6 Å². The van der Waals surface area contributed by atoms with E-state index in [-0.39, 0.29) is 5.91 Å². The molecule has 20 heavy (non-hydrogen) atoms. The zero-order valence-corrected chi connectivity index (χ0v) is 11.2. The molecule has 3 rings (SSSR count). The van der Waals surface area contributed by atoms with Crippen LogP contribution in [0.3, 0.4) is 0 Å². The third kappa shape index (κ3) is 2.57. The summed E-state index contributed by atoms with van der Waals surface area (Å²) < 4.78 is 2.06. The number of rotatable bonds is 4. The molecule has 3 heterocycles. The molecule has 1 amide bonds. The molecule has 1 aliphatic rings. The number of anilines is 1. The van der Waals surface area contributed by atoms with Crippen LogP contribution in [0.25, 0.3) is 0 Å². The van der Waals surface area contributed by atoms with Crippen LogP contribution in [0.1, 0.15) is 24.4 Å². The van der Waals surface area contributed by atoms with Gasteiger partial charge in [0.2, 0.25) is 5.91 Å². The second kappa shape index (κ2) is 5.46. The van der Waals surface area contributed by atoms with Crippen LogP contribution in [0.15, 0.2) is 18.7 Å². The molecule has 0 bridgehead atoms. The summed E-state index contributed by atoms with van der Waals surface area (Å²) in [7, 11) is 0. The van der Waals surface area contributed by atoms with Crippen LogP contribution < -0.4 is 11.1 Å².